The summed E-state index contributed by atoms with van der Waals surface area (Å²) >= 11 is 3.67. The maximum Gasteiger partial charge on any atom is 0.210 e. The molecule has 5 heteroatoms. The Morgan fingerprint density at radius 2 is 2.41 bits per heavy atom. The largest absolute Gasteiger partial charge is 0.493 e. The van der Waals surface area contributed by atoms with Gasteiger partial charge in [-0.05, 0) is 30.9 Å². The first kappa shape index (κ1) is 14.1. The zero-order valence-electron chi connectivity index (χ0n) is 12.5. The number of nitrogens with zero attached hydrogens (tertiary/aromatic N) is 1. The molecule has 4 rings (SSSR count). The van der Waals surface area contributed by atoms with E-state index in [0.717, 1.165) is 53.8 Å². The third-order valence-corrected chi connectivity index (χ3v) is 5.86. The molecule has 0 bridgehead atoms. The van der Waals surface area contributed by atoms with Gasteiger partial charge in [0.1, 0.15) is 6.10 Å². The smallest absolute Gasteiger partial charge is 0.210 e. The number of methoxy groups -OCH3 is 1. The van der Waals surface area contributed by atoms with Crippen molar-refractivity contribution in [2.45, 2.75) is 37.3 Å². The van der Waals surface area contributed by atoms with Crippen molar-refractivity contribution in [3.63, 3.8) is 0 Å². The Bertz CT molecular complexity index is 672. The molecule has 0 saturated heterocycles. The first-order valence-electron chi connectivity index (χ1n) is 7.63. The van der Waals surface area contributed by atoms with Gasteiger partial charge in [0.15, 0.2) is 11.5 Å². The van der Waals surface area contributed by atoms with Crippen LogP contribution in [0.3, 0.4) is 0 Å². The van der Waals surface area contributed by atoms with Crippen molar-refractivity contribution in [2.24, 2.45) is 0 Å². The second kappa shape index (κ2) is 5.01. The van der Waals surface area contributed by atoms with Gasteiger partial charge in [0, 0.05) is 23.1 Å². The van der Waals surface area contributed by atoms with Crippen LogP contribution in [0.2, 0.25) is 0 Å². The van der Waals surface area contributed by atoms with E-state index in [4.69, 9.17) is 9.47 Å². The topological polar surface area (TPSA) is 38.8 Å². The lowest BCUT2D eigenvalue weighted by Crippen LogP contribution is -2.39. The van der Waals surface area contributed by atoms with Gasteiger partial charge in [0.2, 0.25) is 6.41 Å². The molecule has 0 radical (unpaired) electrons. The van der Waals surface area contributed by atoms with Gasteiger partial charge in [-0.3, -0.25) is 4.79 Å². The summed E-state index contributed by atoms with van der Waals surface area (Å²) in [6.45, 7) is 1.36. The molecule has 1 spiro atoms. The molecule has 2 aliphatic heterocycles. The molecule has 1 aromatic carbocycles. The number of carbonyl (C=O) groups is 1. The lowest BCUT2D eigenvalue weighted by molar-refractivity contribution is -0.118. The van der Waals surface area contributed by atoms with E-state index in [1.807, 2.05) is 11.0 Å². The van der Waals surface area contributed by atoms with Crippen molar-refractivity contribution in [2.75, 3.05) is 13.7 Å². The lowest BCUT2D eigenvalue weighted by Gasteiger charge is -2.34. The number of hydrogen-bond acceptors (Lipinski definition) is 3. The summed E-state index contributed by atoms with van der Waals surface area (Å²) in [5, 5.41) is 0. The van der Waals surface area contributed by atoms with Gasteiger partial charge in [0.05, 0.1) is 12.5 Å². The number of amides is 1. The van der Waals surface area contributed by atoms with Gasteiger partial charge < -0.3 is 14.4 Å². The number of halogens is 1. The Labute approximate surface area is 138 Å². The molecule has 2 unspecified atom stereocenters. The number of benzene rings is 1. The molecule has 116 valence electrons. The molecule has 2 atom stereocenters. The fourth-order valence-corrected chi connectivity index (χ4v) is 4.62. The quantitative estimate of drug-likeness (QED) is 0.598. The zero-order chi connectivity index (χ0) is 15.3. The van der Waals surface area contributed by atoms with Crippen LogP contribution in [-0.4, -0.2) is 31.1 Å². The Balaban J connectivity index is 2.00. The highest BCUT2D eigenvalue weighted by Crippen LogP contribution is 2.57. The van der Waals surface area contributed by atoms with Crippen LogP contribution in [0.15, 0.2) is 22.7 Å². The summed E-state index contributed by atoms with van der Waals surface area (Å²) in [5.74, 6) is 1.64. The van der Waals surface area contributed by atoms with Crippen LogP contribution in [0.5, 0.6) is 11.5 Å². The molecule has 1 amide bonds. The third kappa shape index (κ3) is 1.78. The van der Waals surface area contributed by atoms with Gasteiger partial charge in [-0.25, -0.2) is 0 Å². The number of carbonyl (C=O) groups excluding carboxylic acids is 1. The van der Waals surface area contributed by atoms with Gasteiger partial charge >= 0.3 is 0 Å². The average molecular weight is 364 g/mol. The van der Waals surface area contributed by atoms with Crippen molar-refractivity contribution < 1.29 is 14.3 Å². The third-order valence-electron chi connectivity index (χ3n) is 5.15. The lowest BCUT2D eigenvalue weighted by atomic mass is 9.69. The molecule has 3 aliphatic rings. The average Bonchev–Trinajstić information content (AvgIpc) is 2.78. The molecule has 1 aromatic rings. The predicted octanol–water partition coefficient (Wildman–Crippen LogP) is 3.17. The van der Waals surface area contributed by atoms with E-state index in [2.05, 4.69) is 28.1 Å². The molecule has 0 aromatic heterocycles. The Morgan fingerprint density at radius 3 is 3.18 bits per heavy atom. The summed E-state index contributed by atoms with van der Waals surface area (Å²) < 4.78 is 12.9. The van der Waals surface area contributed by atoms with Gasteiger partial charge in [-0.2, -0.15) is 0 Å². The minimum absolute atomic E-state index is 0.127. The SMILES string of the molecule is COc1cc(Br)c2c3c1OC1CCC=CC31CCN(C=O)C2. The first-order valence-corrected chi connectivity index (χ1v) is 8.42. The van der Waals surface area contributed by atoms with Crippen molar-refractivity contribution in [1.29, 1.82) is 0 Å². The molecule has 2 heterocycles. The predicted molar refractivity (Wildman–Crippen MR) is 86.3 cm³/mol. The Morgan fingerprint density at radius 1 is 1.55 bits per heavy atom. The molecule has 1 aliphatic carbocycles. The van der Waals surface area contributed by atoms with Crippen molar-refractivity contribution >= 4 is 22.3 Å². The van der Waals surface area contributed by atoms with E-state index in [0.29, 0.717) is 6.54 Å². The second-order valence-electron chi connectivity index (χ2n) is 6.20. The first-order chi connectivity index (χ1) is 10.7. The fraction of sp³-hybridized carbons (Fsp3) is 0.471. The number of allylic oxidation sites excluding steroid dienone is 1. The van der Waals surface area contributed by atoms with Crippen LogP contribution >= 0.6 is 15.9 Å². The van der Waals surface area contributed by atoms with Crippen LogP contribution in [0.1, 0.15) is 30.4 Å². The van der Waals surface area contributed by atoms with Crippen LogP contribution < -0.4 is 9.47 Å². The molecule has 22 heavy (non-hydrogen) atoms. The Kier molecular flexibility index (Phi) is 3.22. The van der Waals surface area contributed by atoms with Crippen LogP contribution in [0.4, 0.5) is 0 Å². The minimum atomic E-state index is -0.127. The molecular formula is C17H18BrNO3. The summed E-state index contributed by atoms with van der Waals surface area (Å²) in [7, 11) is 1.67. The monoisotopic (exact) mass is 363 g/mol. The van der Waals surface area contributed by atoms with Crippen molar-refractivity contribution in [3.05, 3.63) is 33.8 Å². The fourth-order valence-electron chi connectivity index (χ4n) is 4.09. The highest BCUT2D eigenvalue weighted by molar-refractivity contribution is 9.10. The van der Waals surface area contributed by atoms with E-state index >= 15 is 0 Å². The molecule has 0 fully saturated rings. The van der Waals surface area contributed by atoms with Crippen LogP contribution in [0, 0.1) is 0 Å². The van der Waals surface area contributed by atoms with Gasteiger partial charge in [0.25, 0.3) is 0 Å². The summed E-state index contributed by atoms with van der Waals surface area (Å²) in [6, 6.07) is 1.96. The molecule has 4 nitrogen and oxygen atoms in total. The highest BCUT2D eigenvalue weighted by atomic mass is 79.9. The van der Waals surface area contributed by atoms with E-state index in [-0.39, 0.29) is 11.5 Å². The maximum absolute atomic E-state index is 11.4. The normalized spacial score (nSPS) is 28.5. The minimum Gasteiger partial charge on any atom is -0.493 e. The van der Waals surface area contributed by atoms with E-state index in [1.54, 1.807) is 7.11 Å². The van der Waals surface area contributed by atoms with E-state index < -0.39 is 0 Å². The summed E-state index contributed by atoms with van der Waals surface area (Å²) in [6.07, 6.45) is 8.58. The van der Waals surface area contributed by atoms with Crippen LogP contribution in [-0.2, 0) is 16.8 Å². The zero-order valence-corrected chi connectivity index (χ0v) is 14.1. The number of hydrogen-bond donors (Lipinski definition) is 0. The molecule has 0 saturated carbocycles. The number of rotatable bonds is 2. The van der Waals surface area contributed by atoms with Crippen molar-refractivity contribution in [1.82, 2.24) is 4.90 Å². The molecule has 0 N–H and O–H groups in total. The van der Waals surface area contributed by atoms with E-state index in [1.165, 1.54) is 5.56 Å². The summed E-state index contributed by atoms with van der Waals surface area (Å²) in [4.78, 5) is 13.2. The maximum atomic E-state index is 11.4. The van der Waals surface area contributed by atoms with E-state index in [9.17, 15) is 4.79 Å². The van der Waals surface area contributed by atoms with Gasteiger partial charge in [-0.15, -0.1) is 0 Å². The Hall–Kier alpha value is -1.49. The standard InChI is InChI=1S/C17H18BrNO3/c1-21-13-8-12(18)11-9-19(10-20)7-6-17-5-3-2-4-14(17)22-16(13)15(11)17/h3,5,8,10,14H,2,4,6-7,9H2,1H3. The molecular weight excluding hydrogens is 346 g/mol. The van der Waals surface area contributed by atoms with Crippen LogP contribution in [0.25, 0.3) is 0 Å². The highest BCUT2D eigenvalue weighted by Gasteiger charge is 2.52. The number of ether oxygens (including phenoxy) is 2. The second-order valence-corrected chi connectivity index (χ2v) is 7.05. The van der Waals surface area contributed by atoms with Gasteiger partial charge in [-0.1, -0.05) is 28.1 Å². The van der Waals surface area contributed by atoms with Crippen molar-refractivity contribution in [3.8, 4) is 11.5 Å². The summed E-state index contributed by atoms with van der Waals surface area (Å²) in [5.41, 5.74) is 2.23.